The van der Waals surface area contributed by atoms with Gasteiger partial charge >= 0.3 is 19.5 Å². The van der Waals surface area contributed by atoms with E-state index in [1.807, 2.05) is 0 Å². The second-order valence-electron chi connectivity index (χ2n) is 16.3. The van der Waals surface area contributed by atoms with Crippen LogP contribution < -0.4 is 27.9 Å². The number of nitrogens with two attached hydrogens (primary N) is 2. The van der Waals surface area contributed by atoms with Crippen LogP contribution in [0.25, 0.3) is 22.3 Å². The van der Waals surface area contributed by atoms with Gasteiger partial charge in [-0.15, -0.1) is 0 Å². The van der Waals surface area contributed by atoms with Gasteiger partial charge in [0, 0.05) is 18.6 Å². The lowest BCUT2D eigenvalue weighted by Crippen LogP contribution is -2.48. The first kappa shape index (κ1) is 56.0. The van der Waals surface area contributed by atoms with Crippen LogP contribution >= 0.6 is 25.8 Å². The Balaban J connectivity index is 0.812. The summed E-state index contributed by atoms with van der Waals surface area (Å²) in [6, 6.07) is -1.31. The van der Waals surface area contributed by atoms with E-state index in [1.165, 1.54) is 15.5 Å². The molecule has 33 nitrogen and oxygen atoms in total. The second-order valence-corrected chi connectivity index (χ2v) is 21.9. The largest absolute Gasteiger partial charge is 0.386 e. The van der Waals surface area contributed by atoms with E-state index >= 15 is 0 Å². The zero-order valence-corrected chi connectivity index (χ0v) is 42.5. The summed E-state index contributed by atoms with van der Waals surface area (Å²) in [5.41, 5.74) is 9.83. The van der Waals surface area contributed by atoms with Crippen molar-refractivity contribution >= 4 is 95.5 Å². The number of ether oxygens (including phenoxy) is 7. The second kappa shape index (κ2) is 24.9. The molecule has 75 heavy (non-hydrogen) atoms. The first-order chi connectivity index (χ1) is 35.9. The molecule has 9 N–H and O–H groups in total. The number of hydrogen-bond donors (Lipinski definition) is 8. The number of thiol groups is 1. The van der Waals surface area contributed by atoms with Crippen LogP contribution in [0.15, 0.2) is 34.4 Å². The molecule has 3 fully saturated rings. The maximum absolute atomic E-state index is 13.9. The van der Waals surface area contributed by atoms with Crippen LogP contribution in [0.3, 0.4) is 0 Å². The highest BCUT2D eigenvalue weighted by atomic mass is 32.7. The average molecular weight is 1140 g/mol. The Morgan fingerprint density at radius 2 is 1.23 bits per heavy atom. The molecule has 8 heterocycles. The average Bonchev–Trinajstić information content (AvgIpc) is 4.19. The van der Waals surface area contributed by atoms with Gasteiger partial charge in [0.2, 0.25) is 17.8 Å². The number of hydroxylamine groups is 2. The number of nitrogens with zero attached hydrogens (tertiary/aromatic N) is 7. The molecule has 0 spiro atoms. The van der Waals surface area contributed by atoms with E-state index in [0.29, 0.717) is 5.06 Å². The molecule has 0 aliphatic carbocycles. The summed E-state index contributed by atoms with van der Waals surface area (Å²) in [4.78, 5) is 111. The number of rotatable bonds is 22. The summed E-state index contributed by atoms with van der Waals surface area (Å²) in [5, 5.41) is 14.7. The van der Waals surface area contributed by atoms with Gasteiger partial charge in [-0.05, 0) is 11.8 Å². The Morgan fingerprint density at radius 1 is 0.747 bits per heavy atom. The van der Waals surface area contributed by atoms with E-state index < -0.39 is 111 Å². The fourth-order valence-corrected chi connectivity index (χ4v) is 10.7. The van der Waals surface area contributed by atoms with Gasteiger partial charge in [0.05, 0.1) is 98.4 Å². The molecular formula is C38H50N12O21P2S2. The first-order valence-corrected chi connectivity index (χ1v) is 27.9. The van der Waals surface area contributed by atoms with Gasteiger partial charge in [-0.25, -0.2) is 19.3 Å². The van der Waals surface area contributed by atoms with Crippen molar-refractivity contribution < 1.29 is 89.8 Å². The van der Waals surface area contributed by atoms with E-state index in [9.17, 15) is 43.3 Å². The van der Waals surface area contributed by atoms with Crippen LogP contribution in [-0.4, -0.2) is 194 Å². The molecule has 0 bridgehead atoms. The third-order valence-electron chi connectivity index (χ3n) is 11.1. The summed E-state index contributed by atoms with van der Waals surface area (Å²) in [6.45, 7) is -8.66. The smallest absolute Gasteiger partial charge is 0.386 e. The molecule has 37 heteroatoms. The quantitative estimate of drug-likeness (QED) is 0.0173. The number of hydrogen-bond acceptors (Lipinski definition) is 27. The molecule has 4 aliphatic rings. The van der Waals surface area contributed by atoms with Crippen LogP contribution in [0, 0.1) is 0 Å². The normalized spacial score (nSPS) is 28.1. The number of imidazole rings is 2. The maximum atomic E-state index is 13.9. The highest BCUT2D eigenvalue weighted by Gasteiger charge is 2.54. The highest BCUT2D eigenvalue weighted by molar-refractivity contribution is 8.44. The van der Waals surface area contributed by atoms with E-state index in [4.69, 9.17) is 79.4 Å². The number of H-pyrrole nitrogens is 2. The highest BCUT2D eigenvalue weighted by Crippen LogP contribution is 2.58. The topological polar surface area (TPSA) is 431 Å². The fraction of sp³-hybridized carbons (Fsp3) is 0.579. The lowest BCUT2D eigenvalue weighted by Gasteiger charge is -2.31. The van der Waals surface area contributed by atoms with Gasteiger partial charge in [-0.1, -0.05) is 17.3 Å². The minimum absolute atomic E-state index is 0.00501. The molecule has 4 unspecified atom stereocenters. The zero-order chi connectivity index (χ0) is 53.4. The lowest BCUT2D eigenvalue weighted by molar-refractivity contribution is -0.196. The van der Waals surface area contributed by atoms with Crippen molar-refractivity contribution in [3.63, 3.8) is 0 Å². The Kier molecular flexibility index (Phi) is 18.6. The molecular weight excluding hydrogens is 1090 g/mol. The third kappa shape index (κ3) is 14.1. The van der Waals surface area contributed by atoms with E-state index in [-0.39, 0.29) is 113 Å². The van der Waals surface area contributed by atoms with Crippen molar-refractivity contribution in [2.24, 2.45) is 0 Å². The Hall–Kier alpha value is -5.17. The first-order valence-electron chi connectivity index (χ1n) is 22.6. The van der Waals surface area contributed by atoms with Crippen molar-refractivity contribution in [2.75, 3.05) is 90.7 Å². The number of carbonyl (C=O) groups is 4. The Labute approximate surface area is 431 Å². The van der Waals surface area contributed by atoms with Crippen molar-refractivity contribution in [2.45, 2.75) is 61.9 Å². The number of aromatic amines is 2. The van der Waals surface area contributed by atoms with Gasteiger partial charge in [0.1, 0.15) is 36.6 Å². The number of imide groups is 1. The van der Waals surface area contributed by atoms with Crippen LogP contribution in [0.2, 0.25) is 0 Å². The van der Waals surface area contributed by atoms with Gasteiger partial charge in [-0.2, -0.15) is 9.97 Å². The molecule has 4 aliphatic heterocycles. The maximum Gasteiger partial charge on any atom is 0.386 e. The van der Waals surface area contributed by atoms with E-state index in [2.05, 4.69) is 47.5 Å². The zero-order valence-electron chi connectivity index (χ0n) is 39.0. The van der Waals surface area contributed by atoms with Crippen LogP contribution in [-0.2, 0) is 91.6 Å². The SMILES string of the molecule is Nc1nc2c(ncn2[C@@H]2O[C@@H]3COP(O)(=S)OC4[C@@H](COP(=O)(S)O[C@@H]3C2O)O[C@@H](n2cnc3c(=O)[nH]c(N)nc32)[C@H]4NC(=O)CCOCCOCCOCCOCCOCCC(=O)ON2C(=O)C=CC2=O)c(=O)[nH]1. The standard InChI is InChI=1S/C38H50N12O21P2S2/c39-37-44-31-26(33(56)46-37)41-17-48(31)35-25(43-21(51)3-5-60-7-9-62-11-13-64-14-12-63-10-8-61-6-4-24(54)69-50-22(52)1-2-23(50)53)29-19(67-35)15-65-73(59,75)71-30-20(16-66-72(58,74)70-29)68-36(28(30)55)49-18-42-27-32(49)45-38(40)47-34(27)57/h1-2,17-20,25,28-30,35-36,55H,3-16H2,(H,43,51)(H,58,74)(H,59,75)(H3,39,44,46,56)(H3,40,45,47,57)/t19-,20-,25+,28?,29?,30+,35-,36-,72?,73?/m1/s1. The molecule has 8 rings (SSSR count). The van der Waals surface area contributed by atoms with Crippen molar-refractivity contribution in [1.29, 1.82) is 0 Å². The summed E-state index contributed by atoms with van der Waals surface area (Å²) < 4.78 is 79.3. The lowest BCUT2D eigenvalue weighted by atomic mass is 10.1. The predicted molar refractivity (Wildman–Crippen MR) is 256 cm³/mol. The summed E-state index contributed by atoms with van der Waals surface area (Å²) >= 11 is 9.60. The van der Waals surface area contributed by atoms with E-state index in [0.717, 1.165) is 18.5 Å². The van der Waals surface area contributed by atoms with Crippen LogP contribution in [0.5, 0.6) is 0 Å². The molecule has 4 aromatic heterocycles. The molecule has 3 amide bonds. The van der Waals surface area contributed by atoms with Gasteiger partial charge in [0.15, 0.2) is 34.8 Å². The predicted octanol–water partition coefficient (Wildman–Crippen LogP) is -2.62. The van der Waals surface area contributed by atoms with Gasteiger partial charge < -0.3 is 73.8 Å². The van der Waals surface area contributed by atoms with E-state index in [1.54, 1.807) is 0 Å². The number of amides is 3. The summed E-state index contributed by atoms with van der Waals surface area (Å²) in [5.74, 6) is -3.42. The molecule has 0 aromatic carbocycles. The molecule has 4 aromatic rings. The van der Waals surface area contributed by atoms with Crippen LogP contribution in [0.4, 0.5) is 11.9 Å². The Bertz CT molecular complexity index is 2960. The minimum atomic E-state index is -4.50. The summed E-state index contributed by atoms with van der Waals surface area (Å²) in [7, 11) is 0. The molecule has 0 saturated carbocycles. The Morgan fingerprint density at radius 3 is 1.79 bits per heavy atom. The summed E-state index contributed by atoms with van der Waals surface area (Å²) in [6.07, 6.45) is -6.20. The monoisotopic (exact) mass is 1140 g/mol. The number of aromatic nitrogens is 8. The number of aliphatic hydroxyl groups is 1. The molecule has 410 valence electrons. The third-order valence-corrected chi connectivity index (χ3v) is 14.3. The number of nitrogens with one attached hydrogen (secondary N) is 3. The number of aliphatic hydroxyl groups excluding tert-OH is 1. The van der Waals surface area contributed by atoms with Crippen molar-refractivity contribution in [3.05, 3.63) is 45.5 Å². The number of carbonyl (C=O) groups excluding carboxylic acids is 4. The number of nitrogen functional groups attached to an aromatic ring is 2. The molecule has 3 saturated heterocycles. The van der Waals surface area contributed by atoms with Crippen molar-refractivity contribution in [3.8, 4) is 0 Å². The minimum Gasteiger partial charge on any atom is -0.386 e. The van der Waals surface area contributed by atoms with Crippen molar-refractivity contribution in [1.82, 2.24) is 49.4 Å². The van der Waals surface area contributed by atoms with Gasteiger partial charge in [-0.3, -0.25) is 52.1 Å². The fourth-order valence-electron chi connectivity index (χ4n) is 7.75. The molecule has 10 atom stereocenters. The number of fused-ring (bicyclic) bond motifs is 4. The number of anilines is 2. The van der Waals surface area contributed by atoms with Gasteiger partial charge in [0.25, 0.3) is 22.9 Å². The molecule has 0 radical (unpaired) electrons. The van der Waals surface area contributed by atoms with Crippen LogP contribution in [0.1, 0.15) is 25.3 Å².